The van der Waals surface area contributed by atoms with Crippen LogP contribution in [0.4, 0.5) is 11.6 Å². The Labute approximate surface area is 102 Å². The van der Waals surface area contributed by atoms with Crippen molar-refractivity contribution in [3.05, 3.63) is 6.07 Å². The van der Waals surface area contributed by atoms with E-state index < -0.39 is 0 Å². The first-order chi connectivity index (χ1) is 7.62. The normalized spacial score (nSPS) is 12.3. The zero-order chi connectivity index (χ0) is 12.1. The van der Waals surface area contributed by atoms with E-state index in [1.165, 1.54) is 0 Å². The Morgan fingerprint density at radius 2 is 2.19 bits per heavy atom. The molecule has 90 valence electrons. The van der Waals surface area contributed by atoms with Crippen LogP contribution in [0.3, 0.4) is 0 Å². The van der Waals surface area contributed by atoms with Crippen molar-refractivity contribution in [3.8, 4) is 0 Å². The van der Waals surface area contributed by atoms with Crippen LogP contribution < -0.4 is 10.2 Å². The molecule has 1 unspecified atom stereocenters. The molecule has 0 aromatic carbocycles. The average molecular weight is 240 g/mol. The highest BCUT2D eigenvalue weighted by Crippen LogP contribution is 2.21. The van der Waals surface area contributed by atoms with Gasteiger partial charge in [-0.25, -0.2) is 9.97 Å². The van der Waals surface area contributed by atoms with Crippen molar-refractivity contribution < 1.29 is 0 Å². The van der Waals surface area contributed by atoms with Crippen molar-refractivity contribution in [2.45, 2.75) is 31.5 Å². The van der Waals surface area contributed by atoms with E-state index in [2.05, 4.69) is 41.1 Å². The van der Waals surface area contributed by atoms with Crippen LogP contribution in [0.25, 0.3) is 0 Å². The molecule has 1 aromatic heterocycles. The summed E-state index contributed by atoms with van der Waals surface area (Å²) in [5, 5.41) is 3.87. The largest absolute Gasteiger partial charge is 0.373 e. The minimum Gasteiger partial charge on any atom is -0.373 e. The lowest BCUT2D eigenvalue weighted by molar-refractivity contribution is 0.652. The first kappa shape index (κ1) is 13.1. The number of anilines is 2. The molecule has 0 fully saturated rings. The molecule has 0 bridgehead atoms. The second-order valence-corrected chi connectivity index (χ2v) is 4.49. The van der Waals surface area contributed by atoms with Crippen molar-refractivity contribution >= 4 is 23.4 Å². The Kier molecular flexibility index (Phi) is 4.86. The molecule has 0 radical (unpaired) electrons. The first-order valence-corrected chi connectivity index (χ1v) is 6.68. The quantitative estimate of drug-likeness (QED) is 0.632. The molecule has 0 spiro atoms. The van der Waals surface area contributed by atoms with Crippen LogP contribution in [0.2, 0.25) is 0 Å². The van der Waals surface area contributed by atoms with Gasteiger partial charge in [-0.2, -0.15) is 0 Å². The zero-order valence-corrected chi connectivity index (χ0v) is 11.4. The molecule has 16 heavy (non-hydrogen) atoms. The highest BCUT2D eigenvalue weighted by molar-refractivity contribution is 7.98. The van der Waals surface area contributed by atoms with Crippen LogP contribution in [0, 0.1) is 0 Å². The number of aromatic nitrogens is 2. The maximum absolute atomic E-state index is 4.51. The standard InChI is InChI=1S/C11H20N4S/c1-6-8(2)15(4)10-7-9(12-3)13-11(14-10)16-5/h7-8H,6H2,1-5H3,(H,12,13,14). The summed E-state index contributed by atoms with van der Waals surface area (Å²) in [5.41, 5.74) is 0. The van der Waals surface area contributed by atoms with Gasteiger partial charge in [-0.05, 0) is 19.6 Å². The van der Waals surface area contributed by atoms with Gasteiger partial charge in [-0.3, -0.25) is 0 Å². The summed E-state index contributed by atoms with van der Waals surface area (Å²) in [6.45, 7) is 4.37. The minimum atomic E-state index is 0.481. The van der Waals surface area contributed by atoms with E-state index in [1.807, 2.05) is 19.4 Å². The van der Waals surface area contributed by atoms with Crippen molar-refractivity contribution in [1.29, 1.82) is 0 Å². The molecule has 4 nitrogen and oxygen atoms in total. The van der Waals surface area contributed by atoms with Crippen LogP contribution in [0.15, 0.2) is 11.2 Å². The third-order valence-corrected chi connectivity index (χ3v) is 3.29. The molecule has 0 saturated carbocycles. The van der Waals surface area contributed by atoms with Gasteiger partial charge in [-0.1, -0.05) is 18.7 Å². The van der Waals surface area contributed by atoms with E-state index in [-0.39, 0.29) is 0 Å². The van der Waals surface area contributed by atoms with Crippen LogP contribution in [0.1, 0.15) is 20.3 Å². The molecule has 0 aliphatic rings. The molecule has 1 heterocycles. The molecule has 0 aliphatic heterocycles. The average Bonchev–Trinajstić information content (AvgIpc) is 2.35. The van der Waals surface area contributed by atoms with Gasteiger partial charge in [0, 0.05) is 26.2 Å². The SMILES string of the molecule is CCC(C)N(C)c1cc(NC)nc(SC)n1. The predicted octanol–water partition coefficient (Wildman–Crippen LogP) is 2.47. The Balaban J connectivity index is 3.02. The fourth-order valence-electron chi connectivity index (χ4n) is 1.31. The Morgan fingerprint density at radius 1 is 1.50 bits per heavy atom. The van der Waals surface area contributed by atoms with E-state index in [4.69, 9.17) is 0 Å². The number of rotatable bonds is 5. The van der Waals surface area contributed by atoms with E-state index in [9.17, 15) is 0 Å². The maximum Gasteiger partial charge on any atom is 0.191 e. The van der Waals surface area contributed by atoms with Crippen LogP contribution in [-0.2, 0) is 0 Å². The maximum atomic E-state index is 4.51. The third kappa shape index (κ3) is 3.01. The molecule has 0 amide bonds. The van der Waals surface area contributed by atoms with Gasteiger partial charge in [0.05, 0.1) is 0 Å². The number of thioether (sulfide) groups is 1. The summed E-state index contributed by atoms with van der Waals surface area (Å²) in [5.74, 6) is 1.84. The van der Waals surface area contributed by atoms with E-state index in [1.54, 1.807) is 11.8 Å². The van der Waals surface area contributed by atoms with Gasteiger partial charge >= 0.3 is 0 Å². The topological polar surface area (TPSA) is 41.0 Å². The lowest BCUT2D eigenvalue weighted by Gasteiger charge is -2.25. The minimum absolute atomic E-state index is 0.481. The number of hydrogen-bond acceptors (Lipinski definition) is 5. The van der Waals surface area contributed by atoms with Crippen molar-refractivity contribution in [1.82, 2.24) is 9.97 Å². The number of nitrogens with one attached hydrogen (secondary N) is 1. The van der Waals surface area contributed by atoms with Gasteiger partial charge in [0.25, 0.3) is 0 Å². The van der Waals surface area contributed by atoms with E-state index >= 15 is 0 Å². The van der Waals surface area contributed by atoms with Gasteiger partial charge < -0.3 is 10.2 Å². The second kappa shape index (κ2) is 5.94. The lowest BCUT2D eigenvalue weighted by Crippen LogP contribution is -2.29. The number of hydrogen-bond donors (Lipinski definition) is 1. The molecule has 1 aromatic rings. The van der Waals surface area contributed by atoms with Crippen molar-refractivity contribution in [2.24, 2.45) is 0 Å². The van der Waals surface area contributed by atoms with E-state index in [0.29, 0.717) is 6.04 Å². The summed E-state index contributed by atoms with van der Waals surface area (Å²) in [6.07, 6.45) is 3.09. The molecular formula is C11H20N4S. The molecule has 1 atom stereocenters. The summed E-state index contributed by atoms with van der Waals surface area (Å²) >= 11 is 1.56. The summed E-state index contributed by atoms with van der Waals surface area (Å²) in [7, 11) is 3.94. The Hall–Kier alpha value is -0.970. The monoisotopic (exact) mass is 240 g/mol. The Morgan fingerprint density at radius 3 is 2.69 bits per heavy atom. The number of nitrogens with zero attached hydrogens (tertiary/aromatic N) is 3. The second-order valence-electron chi connectivity index (χ2n) is 3.72. The smallest absolute Gasteiger partial charge is 0.191 e. The molecule has 5 heteroatoms. The van der Waals surface area contributed by atoms with Gasteiger partial charge in [-0.15, -0.1) is 0 Å². The summed E-state index contributed by atoms with van der Waals surface area (Å²) in [4.78, 5) is 11.0. The van der Waals surface area contributed by atoms with Crippen LogP contribution in [-0.4, -0.2) is 36.4 Å². The molecule has 1 rings (SSSR count). The van der Waals surface area contributed by atoms with Crippen molar-refractivity contribution in [3.63, 3.8) is 0 Å². The van der Waals surface area contributed by atoms with E-state index in [0.717, 1.165) is 23.2 Å². The molecule has 0 saturated heterocycles. The highest BCUT2D eigenvalue weighted by Gasteiger charge is 2.11. The van der Waals surface area contributed by atoms with Gasteiger partial charge in [0.2, 0.25) is 0 Å². The highest BCUT2D eigenvalue weighted by atomic mass is 32.2. The lowest BCUT2D eigenvalue weighted by atomic mass is 10.2. The Bertz CT molecular complexity index is 321. The molecule has 0 aliphatic carbocycles. The third-order valence-electron chi connectivity index (χ3n) is 2.74. The molecule has 1 N–H and O–H groups in total. The van der Waals surface area contributed by atoms with Crippen LogP contribution >= 0.6 is 11.8 Å². The van der Waals surface area contributed by atoms with Crippen LogP contribution in [0.5, 0.6) is 0 Å². The zero-order valence-electron chi connectivity index (χ0n) is 10.6. The first-order valence-electron chi connectivity index (χ1n) is 5.46. The fourth-order valence-corrected chi connectivity index (χ4v) is 1.69. The van der Waals surface area contributed by atoms with Crippen molar-refractivity contribution in [2.75, 3.05) is 30.6 Å². The molecular weight excluding hydrogens is 220 g/mol. The summed E-state index contributed by atoms with van der Waals surface area (Å²) in [6, 6.07) is 2.46. The summed E-state index contributed by atoms with van der Waals surface area (Å²) < 4.78 is 0. The predicted molar refractivity (Wildman–Crippen MR) is 71.5 cm³/mol. The fraction of sp³-hybridized carbons (Fsp3) is 0.636. The van der Waals surface area contributed by atoms with Gasteiger partial charge in [0.15, 0.2) is 5.16 Å². The van der Waals surface area contributed by atoms with Gasteiger partial charge in [0.1, 0.15) is 11.6 Å².